The fourth-order valence-electron chi connectivity index (χ4n) is 1.49. The molecule has 1 nitrogen and oxygen atoms in total. The van der Waals surface area contributed by atoms with Gasteiger partial charge < -0.3 is 17.1 Å². The van der Waals surface area contributed by atoms with Gasteiger partial charge in [0, 0.05) is 0 Å². The van der Waals surface area contributed by atoms with Crippen molar-refractivity contribution in [2.75, 3.05) is 6.61 Å². The first-order valence-corrected chi connectivity index (χ1v) is 5.09. The predicted octanol–water partition coefficient (Wildman–Crippen LogP) is 0.554. The van der Waals surface area contributed by atoms with E-state index in [1.807, 2.05) is 31.2 Å². The predicted molar refractivity (Wildman–Crippen MR) is 61.9 cm³/mol. The van der Waals surface area contributed by atoms with E-state index in [1.54, 1.807) is 0 Å². The van der Waals surface area contributed by atoms with E-state index in [9.17, 15) is 0 Å². The largest absolute Gasteiger partial charge is 2.00 e. The maximum atomic E-state index is 5.39. The molecule has 0 spiro atoms. The van der Waals surface area contributed by atoms with Gasteiger partial charge in [-0.1, -0.05) is 12.1 Å². The SMILES string of the molecule is CCOc1ccc(-c2cc[c-]cc2)cc1.[Cl-].[Zn+2]. The van der Waals surface area contributed by atoms with Crippen LogP contribution in [-0.4, -0.2) is 6.61 Å². The van der Waals surface area contributed by atoms with E-state index in [1.165, 1.54) is 11.1 Å². The molecule has 0 heterocycles. The molecule has 84 valence electrons. The second-order valence-electron chi connectivity index (χ2n) is 3.25. The Morgan fingerprint density at radius 2 is 1.47 bits per heavy atom. The van der Waals surface area contributed by atoms with E-state index in [4.69, 9.17) is 4.74 Å². The van der Waals surface area contributed by atoms with E-state index in [2.05, 4.69) is 30.3 Å². The number of rotatable bonds is 3. The molecule has 0 saturated carbocycles. The maximum Gasteiger partial charge on any atom is 2.00 e. The second-order valence-corrected chi connectivity index (χ2v) is 3.25. The summed E-state index contributed by atoms with van der Waals surface area (Å²) >= 11 is 0. The molecule has 0 aromatic heterocycles. The zero-order valence-corrected chi connectivity index (χ0v) is 13.5. The third kappa shape index (κ3) is 4.49. The van der Waals surface area contributed by atoms with Gasteiger partial charge in [-0.2, -0.15) is 30.3 Å². The van der Waals surface area contributed by atoms with E-state index in [0.29, 0.717) is 6.61 Å². The van der Waals surface area contributed by atoms with Crippen LogP contribution in [0.4, 0.5) is 0 Å². The van der Waals surface area contributed by atoms with E-state index in [0.717, 1.165) is 5.75 Å². The molecule has 2 rings (SSSR count). The van der Waals surface area contributed by atoms with Gasteiger partial charge in [0.25, 0.3) is 0 Å². The van der Waals surface area contributed by atoms with Crippen molar-refractivity contribution in [2.24, 2.45) is 0 Å². The maximum absolute atomic E-state index is 5.39. The van der Waals surface area contributed by atoms with Gasteiger partial charge in [-0.25, -0.2) is 0 Å². The van der Waals surface area contributed by atoms with Crippen LogP contribution in [0.2, 0.25) is 0 Å². The summed E-state index contributed by atoms with van der Waals surface area (Å²) in [5, 5.41) is 0. The van der Waals surface area contributed by atoms with Crippen molar-refractivity contribution >= 4 is 0 Å². The molecule has 3 heteroatoms. The average molecular weight is 298 g/mol. The Bertz CT molecular complexity index is 414. The number of benzene rings is 2. The van der Waals surface area contributed by atoms with Gasteiger partial charge in [-0.05, 0) is 24.6 Å². The Morgan fingerprint density at radius 1 is 0.941 bits per heavy atom. The molecule has 0 aliphatic carbocycles. The molecule has 0 aliphatic heterocycles. The molecular formula is C14H13ClOZn. The van der Waals surface area contributed by atoms with Crippen LogP contribution in [0.5, 0.6) is 5.75 Å². The van der Waals surface area contributed by atoms with E-state index < -0.39 is 0 Å². The quantitative estimate of drug-likeness (QED) is 0.594. The zero-order chi connectivity index (χ0) is 10.5. The average Bonchev–Trinajstić information content (AvgIpc) is 2.32. The standard InChI is InChI=1S/C14H13O.ClH.Zn/c1-2-15-14-10-8-13(9-11-14)12-6-4-3-5-7-12;;/h4-11H,2H2,1H3;1H;/q-1;;+2/p-1. The molecule has 0 N–H and O–H groups in total. The molecule has 2 aromatic carbocycles. The second kappa shape index (κ2) is 8.27. The molecule has 0 atom stereocenters. The van der Waals surface area contributed by atoms with Gasteiger partial charge in [-0.15, -0.1) is 5.56 Å². The van der Waals surface area contributed by atoms with Crippen LogP contribution >= 0.6 is 0 Å². The van der Waals surface area contributed by atoms with Crippen molar-refractivity contribution in [1.29, 1.82) is 0 Å². The van der Waals surface area contributed by atoms with E-state index >= 15 is 0 Å². The minimum Gasteiger partial charge on any atom is -1.00 e. The smallest absolute Gasteiger partial charge is 1.00 e. The van der Waals surface area contributed by atoms with Crippen LogP contribution in [0.25, 0.3) is 11.1 Å². The van der Waals surface area contributed by atoms with E-state index in [-0.39, 0.29) is 31.9 Å². The van der Waals surface area contributed by atoms with Gasteiger partial charge >= 0.3 is 19.5 Å². The van der Waals surface area contributed by atoms with Gasteiger partial charge in [-0.3, -0.25) is 0 Å². The molecule has 0 radical (unpaired) electrons. The third-order valence-corrected chi connectivity index (χ3v) is 2.22. The van der Waals surface area contributed by atoms with Crippen molar-refractivity contribution in [3.05, 3.63) is 54.6 Å². The molecule has 0 bridgehead atoms. The Morgan fingerprint density at radius 3 is 2.00 bits per heavy atom. The topological polar surface area (TPSA) is 9.23 Å². The number of halogens is 1. The Hall–Kier alpha value is -0.847. The summed E-state index contributed by atoms with van der Waals surface area (Å²) in [6, 6.07) is 19.1. The van der Waals surface area contributed by atoms with Crippen molar-refractivity contribution < 1.29 is 36.6 Å². The molecule has 0 amide bonds. The Balaban J connectivity index is 0.00000128. The van der Waals surface area contributed by atoms with Crippen molar-refractivity contribution in [2.45, 2.75) is 6.92 Å². The molecule has 2 aromatic rings. The first-order chi connectivity index (χ1) is 7.40. The minimum absolute atomic E-state index is 0. The van der Waals surface area contributed by atoms with Crippen LogP contribution in [0.1, 0.15) is 6.92 Å². The molecule has 0 saturated heterocycles. The molecule has 0 unspecified atom stereocenters. The summed E-state index contributed by atoms with van der Waals surface area (Å²) < 4.78 is 5.39. The molecule has 17 heavy (non-hydrogen) atoms. The summed E-state index contributed by atoms with van der Waals surface area (Å²) in [4.78, 5) is 0. The Labute approximate surface area is 121 Å². The normalized spacial score (nSPS) is 8.76. The van der Waals surface area contributed by atoms with Crippen molar-refractivity contribution in [1.82, 2.24) is 0 Å². The Kier molecular flexibility index (Phi) is 7.86. The first kappa shape index (κ1) is 16.2. The molecule has 0 aliphatic rings. The van der Waals surface area contributed by atoms with Crippen molar-refractivity contribution in [3.63, 3.8) is 0 Å². The van der Waals surface area contributed by atoms with Crippen LogP contribution in [0.3, 0.4) is 0 Å². The summed E-state index contributed by atoms with van der Waals surface area (Å²) in [6.07, 6.45) is 0. The van der Waals surface area contributed by atoms with Gasteiger partial charge in [0.1, 0.15) is 5.75 Å². The van der Waals surface area contributed by atoms with Gasteiger partial charge in [0.2, 0.25) is 0 Å². The summed E-state index contributed by atoms with van der Waals surface area (Å²) in [5.41, 5.74) is 2.41. The fraction of sp³-hybridized carbons (Fsp3) is 0.143. The zero-order valence-electron chi connectivity index (χ0n) is 9.82. The molecular weight excluding hydrogens is 285 g/mol. The summed E-state index contributed by atoms with van der Waals surface area (Å²) in [5.74, 6) is 0.920. The number of hydrogen-bond acceptors (Lipinski definition) is 1. The summed E-state index contributed by atoms with van der Waals surface area (Å²) in [7, 11) is 0. The monoisotopic (exact) mass is 296 g/mol. The van der Waals surface area contributed by atoms with Crippen LogP contribution < -0.4 is 17.1 Å². The van der Waals surface area contributed by atoms with Crippen LogP contribution in [0, 0.1) is 6.07 Å². The molecule has 0 fully saturated rings. The first-order valence-electron chi connectivity index (χ1n) is 5.09. The van der Waals surface area contributed by atoms with Crippen LogP contribution in [-0.2, 0) is 19.5 Å². The minimum atomic E-state index is 0. The fourth-order valence-corrected chi connectivity index (χ4v) is 1.49. The summed E-state index contributed by atoms with van der Waals surface area (Å²) in [6.45, 7) is 2.70. The van der Waals surface area contributed by atoms with Crippen LogP contribution in [0.15, 0.2) is 48.5 Å². The number of ether oxygens (including phenoxy) is 1. The van der Waals surface area contributed by atoms with Gasteiger partial charge in [0.05, 0.1) is 6.61 Å². The van der Waals surface area contributed by atoms with Gasteiger partial charge in [0.15, 0.2) is 0 Å². The van der Waals surface area contributed by atoms with Crippen molar-refractivity contribution in [3.8, 4) is 16.9 Å². The third-order valence-electron chi connectivity index (χ3n) is 2.22. The number of hydrogen-bond donors (Lipinski definition) is 0.